The second-order valence-electron chi connectivity index (χ2n) is 6.83. The molecular formula is C20H23NO3S. The molecule has 0 saturated heterocycles. The standard InChI is InChI=1S/C20H23NO3S/c1-12-4-7-17-15(8-12)10-18(25-17)20(23)24-11-19(22)21-16-6-5-13(2)14(3)9-16/h5-6,9-10,12H,4,7-8,11H2,1-3H3,(H,21,22)/t12-/m1/s1. The van der Waals surface area contributed by atoms with Crippen LogP contribution in [0.15, 0.2) is 24.3 Å². The average molecular weight is 357 g/mol. The Morgan fingerprint density at radius 3 is 2.80 bits per heavy atom. The highest BCUT2D eigenvalue weighted by Crippen LogP contribution is 2.32. The van der Waals surface area contributed by atoms with Crippen molar-refractivity contribution >= 4 is 28.9 Å². The van der Waals surface area contributed by atoms with Gasteiger partial charge in [0.15, 0.2) is 6.61 Å². The predicted molar refractivity (Wildman–Crippen MR) is 100 cm³/mol. The minimum Gasteiger partial charge on any atom is -0.451 e. The van der Waals surface area contributed by atoms with Crippen LogP contribution in [0.25, 0.3) is 0 Å². The highest BCUT2D eigenvalue weighted by Gasteiger charge is 2.21. The monoisotopic (exact) mass is 357 g/mol. The molecule has 3 rings (SSSR count). The molecule has 1 aromatic carbocycles. The van der Waals surface area contributed by atoms with Crippen LogP contribution >= 0.6 is 11.3 Å². The summed E-state index contributed by atoms with van der Waals surface area (Å²) < 4.78 is 5.18. The number of thiophene rings is 1. The molecule has 1 N–H and O–H groups in total. The molecule has 0 unspecified atom stereocenters. The Balaban J connectivity index is 1.55. The fourth-order valence-corrected chi connectivity index (χ4v) is 4.13. The van der Waals surface area contributed by atoms with Gasteiger partial charge in [0.05, 0.1) is 0 Å². The first-order chi connectivity index (χ1) is 11.9. The van der Waals surface area contributed by atoms with E-state index in [-0.39, 0.29) is 12.5 Å². The van der Waals surface area contributed by atoms with E-state index in [0.29, 0.717) is 16.5 Å². The molecule has 2 aromatic rings. The van der Waals surface area contributed by atoms with Gasteiger partial charge in [-0.2, -0.15) is 0 Å². The Bertz CT molecular complexity index is 809. The van der Waals surface area contributed by atoms with Crippen LogP contribution in [0.5, 0.6) is 0 Å². The first kappa shape index (κ1) is 17.7. The smallest absolute Gasteiger partial charge is 0.348 e. The van der Waals surface area contributed by atoms with Crippen LogP contribution < -0.4 is 5.32 Å². The Morgan fingerprint density at radius 1 is 1.24 bits per heavy atom. The maximum Gasteiger partial charge on any atom is 0.348 e. The van der Waals surface area contributed by atoms with Gasteiger partial charge < -0.3 is 10.1 Å². The first-order valence-electron chi connectivity index (χ1n) is 8.58. The second-order valence-corrected chi connectivity index (χ2v) is 7.97. The zero-order chi connectivity index (χ0) is 18.0. The molecule has 0 radical (unpaired) electrons. The maximum atomic E-state index is 12.2. The van der Waals surface area contributed by atoms with E-state index in [9.17, 15) is 9.59 Å². The summed E-state index contributed by atoms with van der Waals surface area (Å²) in [7, 11) is 0. The van der Waals surface area contributed by atoms with Crippen LogP contribution in [0.4, 0.5) is 5.69 Å². The van der Waals surface area contributed by atoms with Crippen molar-refractivity contribution < 1.29 is 14.3 Å². The second kappa shape index (κ2) is 7.40. The molecule has 1 aliphatic rings. The number of benzene rings is 1. The fourth-order valence-electron chi connectivity index (χ4n) is 3.02. The van der Waals surface area contributed by atoms with Crippen LogP contribution in [0, 0.1) is 19.8 Å². The molecule has 0 aliphatic heterocycles. The zero-order valence-corrected chi connectivity index (χ0v) is 15.7. The van der Waals surface area contributed by atoms with Crippen LogP contribution in [0.1, 0.15) is 44.6 Å². The number of carbonyl (C=O) groups is 2. The SMILES string of the molecule is Cc1ccc(NC(=O)COC(=O)c2cc3c(s2)CC[C@@H](C)C3)cc1C. The number of nitrogens with one attached hydrogen (secondary N) is 1. The Morgan fingerprint density at radius 2 is 2.04 bits per heavy atom. The number of anilines is 1. The summed E-state index contributed by atoms with van der Waals surface area (Å²) >= 11 is 1.50. The topological polar surface area (TPSA) is 55.4 Å². The van der Waals surface area contributed by atoms with Crippen molar-refractivity contribution in [1.82, 2.24) is 0 Å². The highest BCUT2D eigenvalue weighted by molar-refractivity contribution is 7.14. The minimum atomic E-state index is -0.415. The van der Waals surface area contributed by atoms with E-state index in [2.05, 4.69) is 12.2 Å². The lowest BCUT2D eigenvalue weighted by Gasteiger charge is -2.16. The van der Waals surface area contributed by atoms with Gasteiger partial charge in [-0.1, -0.05) is 13.0 Å². The summed E-state index contributed by atoms with van der Waals surface area (Å²) in [5, 5.41) is 2.76. The summed E-state index contributed by atoms with van der Waals surface area (Å²) in [4.78, 5) is 26.1. The number of hydrogen-bond acceptors (Lipinski definition) is 4. The molecule has 25 heavy (non-hydrogen) atoms. The molecule has 0 fully saturated rings. The number of hydrogen-bond donors (Lipinski definition) is 1. The Kier molecular flexibility index (Phi) is 5.23. The van der Waals surface area contributed by atoms with Gasteiger partial charge in [-0.15, -0.1) is 11.3 Å². The fraction of sp³-hybridized carbons (Fsp3) is 0.400. The van der Waals surface area contributed by atoms with E-state index in [1.165, 1.54) is 33.8 Å². The number of esters is 1. The third-order valence-electron chi connectivity index (χ3n) is 4.66. The molecule has 5 heteroatoms. The average Bonchev–Trinajstić information content (AvgIpc) is 2.99. The number of carbonyl (C=O) groups excluding carboxylic acids is 2. The van der Waals surface area contributed by atoms with E-state index < -0.39 is 5.97 Å². The first-order valence-corrected chi connectivity index (χ1v) is 9.40. The van der Waals surface area contributed by atoms with Crippen LogP contribution in [0.3, 0.4) is 0 Å². The largest absolute Gasteiger partial charge is 0.451 e. The lowest BCUT2D eigenvalue weighted by atomic mass is 9.90. The Hall–Kier alpha value is -2.14. The molecule has 1 heterocycles. The number of fused-ring (bicyclic) bond motifs is 1. The number of aryl methyl sites for hydroxylation is 3. The molecule has 132 valence electrons. The third kappa shape index (κ3) is 4.28. The summed E-state index contributed by atoms with van der Waals surface area (Å²) in [5.41, 5.74) is 4.24. The molecule has 0 bridgehead atoms. The summed E-state index contributed by atoms with van der Waals surface area (Å²) in [6.45, 7) is 5.97. The molecule has 0 spiro atoms. The number of amides is 1. The molecule has 4 nitrogen and oxygen atoms in total. The molecule has 1 aliphatic carbocycles. The zero-order valence-electron chi connectivity index (χ0n) is 14.8. The van der Waals surface area contributed by atoms with E-state index in [1.807, 2.05) is 38.1 Å². The molecular weight excluding hydrogens is 334 g/mol. The Labute approximate surface area is 152 Å². The van der Waals surface area contributed by atoms with Crippen LogP contribution in [0.2, 0.25) is 0 Å². The summed E-state index contributed by atoms with van der Waals surface area (Å²) in [6, 6.07) is 7.63. The van der Waals surface area contributed by atoms with Crippen molar-refractivity contribution in [3.05, 3.63) is 50.7 Å². The van der Waals surface area contributed by atoms with E-state index in [4.69, 9.17) is 4.74 Å². The minimum absolute atomic E-state index is 0.273. The highest BCUT2D eigenvalue weighted by atomic mass is 32.1. The lowest BCUT2D eigenvalue weighted by molar-refractivity contribution is -0.119. The van der Waals surface area contributed by atoms with Gasteiger partial charge in [0, 0.05) is 10.6 Å². The summed E-state index contributed by atoms with van der Waals surface area (Å²) in [6.07, 6.45) is 3.22. The van der Waals surface area contributed by atoms with E-state index in [0.717, 1.165) is 18.4 Å². The molecule has 1 atom stereocenters. The van der Waals surface area contributed by atoms with Crippen LogP contribution in [-0.4, -0.2) is 18.5 Å². The maximum absolute atomic E-state index is 12.2. The van der Waals surface area contributed by atoms with Gasteiger partial charge >= 0.3 is 5.97 Å². The molecule has 1 amide bonds. The normalized spacial score (nSPS) is 16.2. The third-order valence-corrected chi connectivity index (χ3v) is 5.87. The molecule has 1 aromatic heterocycles. The van der Waals surface area contributed by atoms with Crippen molar-refractivity contribution in [2.24, 2.45) is 5.92 Å². The van der Waals surface area contributed by atoms with Crippen molar-refractivity contribution in [3.8, 4) is 0 Å². The van der Waals surface area contributed by atoms with Gasteiger partial charge in [-0.25, -0.2) is 4.79 Å². The van der Waals surface area contributed by atoms with Crippen LogP contribution in [-0.2, 0) is 22.4 Å². The predicted octanol–water partition coefficient (Wildman–Crippen LogP) is 4.29. The van der Waals surface area contributed by atoms with Crippen molar-refractivity contribution in [2.45, 2.75) is 40.0 Å². The van der Waals surface area contributed by atoms with Crippen molar-refractivity contribution in [1.29, 1.82) is 0 Å². The van der Waals surface area contributed by atoms with Crippen molar-refractivity contribution in [2.75, 3.05) is 11.9 Å². The van der Waals surface area contributed by atoms with Gasteiger partial charge in [-0.05, 0) is 73.9 Å². The van der Waals surface area contributed by atoms with Gasteiger partial charge in [0.1, 0.15) is 4.88 Å². The van der Waals surface area contributed by atoms with Gasteiger partial charge in [0.25, 0.3) is 5.91 Å². The van der Waals surface area contributed by atoms with Gasteiger partial charge in [0.2, 0.25) is 0 Å². The quantitative estimate of drug-likeness (QED) is 0.831. The summed E-state index contributed by atoms with van der Waals surface area (Å²) in [5.74, 6) is -0.0800. The number of rotatable bonds is 4. The number of ether oxygens (including phenoxy) is 1. The van der Waals surface area contributed by atoms with E-state index in [1.54, 1.807) is 0 Å². The van der Waals surface area contributed by atoms with Gasteiger partial charge in [-0.3, -0.25) is 4.79 Å². The van der Waals surface area contributed by atoms with E-state index >= 15 is 0 Å². The molecule has 0 saturated carbocycles. The van der Waals surface area contributed by atoms with Crippen molar-refractivity contribution in [3.63, 3.8) is 0 Å². The lowest BCUT2D eigenvalue weighted by Crippen LogP contribution is -2.20.